The number of carbonyl (C=O) groups excluding carboxylic acids is 1. The lowest BCUT2D eigenvalue weighted by molar-refractivity contribution is -0.144. The van der Waals surface area contributed by atoms with Gasteiger partial charge < -0.3 is 9.64 Å². The first kappa shape index (κ1) is 16.1. The van der Waals surface area contributed by atoms with E-state index >= 15 is 0 Å². The first-order chi connectivity index (χ1) is 9.49. The van der Waals surface area contributed by atoms with Crippen molar-refractivity contribution in [1.29, 1.82) is 0 Å². The maximum atomic E-state index is 12.4. The summed E-state index contributed by atoms with van der Waals surface area (Å²) in [6.07, 6.45) is 6.23. The predicted molar refractivity (Wildman–Crippen MR) is 84.2 cm³/mol. The molecule has 116 valence electrons. The van der Waals surface area contributed by atoms with Gasteiger partial charge in [-0.25, -0.2) is 0 Å². The summed E-state index contributed by atoms with van der Waals surface area (Å²) in [7, 11) is 2.10. The van der Waals surface area contributed by atoms with E-state index in [1.807, 2.05) is 30.5 Å². The third-order valence-corrected chi connectivity index (χ3v) is 5.57. The van der Waals surface area contributed by atoms with E-state index in [0.717, 1.165) is 18.3 Å². The molecular weight excluding hydrogens is 272 g/mol. The van der Waals surface area contributed by atoms with Gasteiger partial charge in [-0.2, -0.15) is 11.8 Å². The molecule has 5 heteroatoms. The van der Waals surface area contributed by atoms with Crippen LogP contribution in [-0.4, -0.2) is 72.1 Å². The highest BCUT2D eigenvalue weighted by Crippen LogP contribution is 2.30. The van der Waals surface area contributed by atoms with Gasteiger partial charge in [-0.3, -0.25) is 9.69 Å². The van der Waals surface area contributed by atoms with Crippen LogP contribution in [0.3, 0.4) is 0 Å². The van der Waals surface area contributed by atoms with E-state index in [4.69, 9.17) is 4.74 Å². The first-order valence-corrected chi connectivity index (χ1v) is 8.94. The van der Waals surface area contributed by atoms with Crippen LogP contribution in [0.25, 0.3) is 0 Å². The van der Waals surface area contributed by atoms with E-state index in [9.17, 15) is 4.79 Å². The van der Waals surface area contributed by atoms with E-state index in [1.165, 1.54) is 19.3 Å². The summed E-state index contributed by atoms with van der Waals surface area (Å²) in [4.78, 5) is 16.7. The fourth-order valence-electron chi connectivity index (χ4n) is 3.36. The molecule has 2 aliphatic rings. The zero-order valence-electron chi connectivity index (χ0n) is 13.2. The molecular formula is C15H28N2O2S. The van der Waals surface area contributed by atoms with Crippen LogP contribution in [0.5, 0.6) is 0 Å². The maximum Gasteiger partial charge on any atom is 0.236 e. The van der Waals surface area contributed by atoms with Crippen molar-refractivity contribution < 1.29 is 9.53 Å². The third-order valence-electron chi connectivity index (χ3n) is 4.47. The Kier molecular flexibility index (Phi) is 5.75. The Morgan fingerprint density at radius 2 is 1.95 bits per heavy atom. The van der Waals surface area contributed by atoms with Crippen molar-refractivity contribution in [3.05, 3.63) is 0 Å². The van der Waals surface area contributed by atoms with Crippen LogP contribution >= 0.6 is 11.8 Å². The molecule has 2 fully saturated rings. The van der Waals surface area contributed by atoms with Crippen molar-refractivity contribution in [1.82, 2.24) is 9.80 Å². The molecule has 1 saturated carbocycles. The molecule has 0 aromatic heterocycles. The molecule has 0 spiro atoms. The van der Waals surface area contributed by atoms with Crippen LogP contribution in [0.2, 0.25) is 0 Å². The topological polar surface area (TPSA) is 32.8 Å². The number of morpholine rings is 1. The van der Waals surface area contributed by atoms with Crippen molar-refractivity contribution in [2.75, 3.05) is 32.9 Å². The molecule has 20 heavy (non-hydrogen) atoms. The summed E-state index contributed by atoms with van der Waals surface area (Å²) in [5.41, 5.74) is 0. The number of rotatable bonds is 4. The average Bonchev–Trinajstić information content (AvgIpc) is 2.86. The van der Waals surface area contributed by atoms with Crippen molar-refractivity contribution in [2.45, 2.75) is 56.6 Å². The minimum absolute atomic E-state index is 0.153. The van der Waals surface area contributed by atoms with Crippen LogP contribution in [0.1, 0.15) is 33.1 Å². The summed E-state index contributed by atoms with van der Waals surface area (Å²) in [6.45, 7) is 6.09. The number of hydrogen-bond donors (Lipinski definition) is 0. The third kappa shape index (κ3) is 4.12. The number of nitrogens with zero attached hydrogens (tertiary/aromatic N) is 2. The molecule has 4 nitrogen and oxygen atoms in total. The Morgan fingerprint density at radius 3 is 2.50 bits per heavy atom. The van der Waals surface area contributed by atoms with Crippen molar-refractivity contribution in [2.24, 2.45) is 0 Å². The second-order valence-corrected chi connectivity index (χ2v) is 7.43. The van der Waals surface area contributed by atoms with Gasteiger partial charge in [0.15, 0.2) is 0 Å². The summed E-state index contributed by atoms with van der Waals surface area (Å²) >= 11 is 1.96. The molecule has 0 bridgehead atoms. The van der Waals surface area contributed by atoms with Gasteiger partial charge in [-0.15, -0.1) is 0 Å². The Bertz CT molecular complexity index is 330. The van der Waals surface area contributed by atoms with Gasteiger partial charge in [-0.05, 0) is 46.4 Å². The van der Waals surface area contributed by atoms with E-state index < -0.39 is 0 Å². The van der Waals surface area contributed by atoms with Crippen molar-refractivity contribution in [3.63, 3.8) is 0 Å². The van der Waals surface area contributed by atoms with Gasteiger partial charge in [0.25, 0.3) is 0 Å². The molecule has 0 aromatic rings. The number of hydrogen-bond acceptors (Lipinski definition) is 4. The van der Waals surface area contributed by atoms with E-state index in [0.29, 0.717) is 12.6 Å². The zero-order valence-corrected chi connectivity index (χ0v) is 14.0. The van der Waals surface area contributed by atoms with Crippen LogP contribution in [0.15, 0.2) is 0 Å². The largest absolute Gasteiger partial charge is 0.372 e. The highest BCUT2D eigenvalue weighted by Gasteiger charge is 2.30. The normalized spacial score (nSPS) is 34.8. The molecule has 1 saturated heterocycles. The van der Waals surface area contributed by atoms with Gasteiger partial charge in [0.2, 0.25) is 5.91 Å². The number of likely N-dealkylation sites (N-methyl/N-ethyl adjacent to an activating group) is 1. The van der Waals surface area contributed by atoms with Crippen molar-refractivity contribution in [3.8, 4) is 0 Å². The molecule has 1 amide bonds. The highest BCUT2D eigenvalue weighted by molar-refractivity contribution is 7.99. The molecule has 0 N–H and O–H groups in total. The molecule has 0 radical (unpaired) electrons. The van der Waals surface area contributed by atoms with Gasteiger partial charge >= 0.3 is 0 Å². The minimum Gasteiger partial charge on any atom is -0.372 e. The summed E-state index contributed by atoms with van der Waals surface area (Å²) in [6, 6.07) is 0.576. The lowest BCUT2D eigenvalue weighted by Gasteiger charge is -2.36. The molecule has 1 aliphatic heterocycles. The lowest BCUT2D eigenvalue weighted by atomic mass is 10.2. The monoisotopic (exact) mass is 300 g/mol. The molecule has 0 aromatic carbocycles. The van der Waals surface area contributed by atoms with E-state index in [-0.39, 0.29) is 18.1 Å². The fourth-order valence-corrected chi connectivity index (χ4v) is 4.14. The van der Waals surface area contributed by atoms with Gasteiger partial charge in [0, 0.05) is 24.4 Å². The SMILES string of the molecule is CS[C@@H]1CC[C@H](N(C)CC(=O)N2C[C@H](C)O[C@@H](C)C2)C1. The Morgan fingerprint density at radius 1 is 1.30 bits per heavy atom. The van der Waals surface area contributed by atoms with Crippen molar-refractivity contribution >= 4 is 17.7 Å². The number of thioether (sulfide) groups is 1. The van der Waals surface area contributed by atoms with Gasteiger partial charge in [-0.1, -0.05) is 0 Å². The number of ether oxygens (including phenoxy) is 1. The minimum atomic E-state index is 0.153. The van der Waals surface area contributed by atoms with Gasteiger partial charge in [0.05, 0.1) is 18.8 Å². The number of carbonyl (C=O) groups is 1. The smallest absolute Gasteiger partial charge is 0.236 e. The Balaban J connectivity index is 1.81. The lowest BCUT2D eigenvalue weighted by Crippen LogP contribution is -2.51. The molecule has 1 aliphatic carbocycles. The molecule has 1 heterocycles. The van der Waals surface area contributed by atoms with Crippen LogP contribution < -0.4 is 0 Å². The second kappa shape index (κ2) is 7.14. The summed E-state index contributed by atoms with van der Waals surface area (Å²) in [5, 5.41) is 0.779. The predicted octanol–water partition coefficient (Wildman–Crippen LogP) is 1.84. The molecule has 0 unspecified atom stereocenters. The fraction of sp³-hybridized carbons (Fsp3) is 0.933. The van der Waals surface area contributed by atoms with Crippen LogP contribution in [0.4, 0.5) is 0 Å². The van der Waals surface area contributed by atoms with E-state index in [2.05, 4.69) is 18.2 Å². The zero-order chi connectivity index (χ0) is 14.7. The maximum absolute atomic E-state index is 12.4. The van der Waals surface area contributed by atoms with E-state index in [1.54, 1.807) is 0 Å². The van der Waals surface area contributed by atoms with Crippen LogP contribution in [-0.2, 0) is 9.53 Å². The Hall–Kier alpha value is -0.260. The highest BCUT2D eigenvalue weighted by atomic mass is 32.2. The summed E-state index contributed by atoms with van der Waals surface area (Å²) in [5.74, 6) is 0.252. The molecule has 2 rings (SSSR count). The first-order valence-electron chi connectivity index (χ1n) is 7.65. The van der Waals surface area contributed by atoms with Gasteiger partial charge in [0.1, 0.15) is 0 Å². The molecule has 4 atom stereocenters. The Labute approximate surface area is 127 Å². The average molecular weight is 300 g/mol. The van der Waals surface area contributed by atoms with Crippen LogP contribution in [0, 0.1) is 0 Å². The summed E-state index contributed by atoms with van der Waals surface area (Å²) < 4.78 is 5.69. The second-order valence-electron chi connectivity index (χ2n) is 6.30. The standard InChI is InChI=1S/C15H28N2O2S/c1-11-8-17(9-12(2)19-11)15(18)10-16(3)13-5-6-14(7-13)20-4/h11-14H,5-10H2,1-4H3/t11-,12-,13-,14+/m0/s1. The number of amides is 1. The quantitative estimate of drug-likeness (QED) is 0.793.